The number of hydrazine groups is 1. The van der Waals surface area contributed by atoms with E-state index in [4.69, 9.17) is 10.6 Å². The number of nitrogen functional groups attached to an aromatic ring is 1. The Bertz CT molecular complexity index is 595. The summed E-state index contributed by atoms with van der Waals surface area (Å²) in [6.07, 6.45) is 1.68. The van der Waals surface area contributed by atoms with Crippen LogP contribution in [0.15, 0.2) is 18.3 Å². The van der Waals surface area contributed by atoms with E-state index in [0.717, 1.165) is 16.8 Å². The van der Waals surface area contributed by atoms with Crippen LogP contribution < -0.4 is 16.0 Å². The molecule has 0 radical (unpaired) electrons. The van der Waals surface area contributed by atoms with Crippen molar-refractivity contribution in [2.45, 2.75) is 26.7 Å². The number of ether oxygens (including phenoxy) is 1. The van der Waals surface area contributed by atoms with Crippen molar-refractivity contribution in [3.63, 3.8) is 0 Å². The molecule has 0 fully saturated rings. The number of pyridine rings is 1. The van der Waals surface area contributed by atoms with E-state index in [9.17, 15) is 0 Å². The van der Waals surface area contributed by atoms with E-state index in [1.54, 1.807) is 19.4 Å². The zero-order valence-electron chi connectivity index (χ0n) is 12.1. The third kappa shape index (κ3) is 2.70. The van der Waals surface area contributed by atoms with E-state index in [1.165, 1.54) is 0 Å². The molecule has 6 nitrogen and oxygen atoms in total. The van der Waals surface area contributed by atoms with Crippen molar-refractivity contribution in [2.24, 2.45) is 5.84 Å². The fraction of sp³-hybridized carbons (Fsp3) is 0.357. The van der Waals surface area contributed by atoms with Gasteiger partial charge in [-0.3, -0.25) is 0 Å². The first kappa shape index (κ1) is 14.2. The standard InChI is InChI=1S/C14H19N5O/c1-8(2)12-9(3)17-13(18-14(12)19-15)10-5-6-11(20-4)16-7-10/h5-8H,15H2,1-4H3,(H,17,18,19). The molecule has 2 heterocycles. The fourth-order valence-electron chi connectivity index (χ4n) is 2.15. The summed E-state index contributed by atoms with van der Waals surface area (Å²) >= 11 is 0. The lowest BCUT2D eigenvalue weighted by molar-refractivity contribution is 0.398. The van der Waals surface area contributed by atoms with Crippen molar-refractivity contribution in [1.82, 2.24) is 15.0 Å². The van der Waals surface area contributed by atoms with E-state index in [-0.39, 0.29) is 0 Å². The number of nitrogens with zero attached hydrogens (tertiary/aromatic N) is 3. The summed E-state index contributed by atoms with van der Waals surface area (Å²) in [4.78, 5) is 13.2. The highest BCUT2D eigenvalue weighted by atomic mass is 16.5. The normalized spacial score (nSPS) is 10.7. The Morgan fingerprint density at radius 2 is 2.00 bits per heavy atom. The Hall–Kier alpha value is -2.21. The van der Waals surface area contributed by atoms with Gasteiger partial charge in [0.15, 0.2) is 5.82 Å². The molecule has 0 amide bonds. The Morgan fingerprint density at radius 3 is 2.50 bits per heavy atom. The number of nitrogens with two attached hydrogens (primary N) is 1. The molecule has 0 saturated heterocycles. The number of anilines is 1. The molecule has 0 unspecified atom stereocenters. The van der Waals surface area contributed by atoms with Gasteiger partial charge in [0, 0.05) is 29.1 Å². The average Bonchev–Trinajstić information content (AvgIpc) is 2.46. The lowest BCUT2D eigenvalue weighted by Crippen LogP contribution is -2.14. The number of hydrogen-bond acceptors (Lipinski definition) is 6. The van der Waals surface area contributed by atoms with Gasteiger partial charge in [0.25, 0.3) is 0 Å². The van der Waals surface area contributed by atoms with Crippen molar-refractivity contribution in [3.8, 4) is 17.3 Å². The number of nitrogens with one attached hydrogen (secondary N) is 1. The van der Waals surface area contributed by atoms with Crippen LogP contribution in [0.2, 0.25) is 0 Å². The van der Waals surface area contributed by atoms with E-state index in [0.29, 0.717) is 23.4 Å². The van der Waals surface area contributed by atoms with Gasteiger partial charge in [-0.05, 0) is 18.9 Å². The number of rotatable bonds is 4. The molecule has 6 heteroatoms. The number of aromatic nitrogens is 3. The minimum Gasteiger partial charge on any atom is -0.481 e. The predicted octanol–water partition coefficient (Wildman–Crippen LogP) is 2.26. The highest BCUT2D eigenvalue weighted by Gasteiger charge is 2.15. The largest absolute Gasteiger partial charge is 0.481 e. The van der Waals surface area contributed by atoms with Crippen molar-refractivity contribution in [2.75, 3.05) is 12.5 Å². The maximum atomic E-state index is 5.57. The second kappa shape index (κ2) is 5.83. The number of methoxy groups -OCH3 is 1. The molecule has 0 aliphatic rings. The number of hydrogen-bond donors (Lipinski definition) is 2. The molecule has 2 aromatic heterocycles. The van der Waals surface area contributed by atoms with Gasteiger partial charge >= 0.3 is 0 Å². The van der Waals surface area contributed by atoms with E-state index >= 15 is 0 Å². The summed E-state index contributed by atoms with van der Waals surface area (Å²) in [5, 5.41) is 0. The molecule has 2 rings (SSSR count). The van der Waals surface area contributed by atoms with Crippen molar-refractivity contribution >= 4 is 5.82 Å². The van der Waals surface area contributed by atoms with Crippen LogP contribution in [0.5, 0.6) is 5.88 Å². The van der Waals surface area contributed by atoms with Crippen LogP contribution in [-0.2, 0) is 0 Å². The van der Waals surface area contributed by atoms with Crippen LogP contribution in [0.4, 0.5) is 5.82 Å². The van der Waals surface area contributed by atoms with Crippen LogP contribution in [0.1, 0.15) is 31.0 Å². The third-order valence-electron chi connectivity index (χ3n) is 3.05. The molecule has 0 bridgehead atoms. The Balaban J connectivity index is 2.49. The van der Waals surface area contributed by atoms with Crippen LogP contribution in [0.25, 0.3) is 11.4 Å². The first-order valence-corrected chi connectivity index (χ1v) is 6.42. The molecule has 2 aromatic rings. The molecule has 3 N–H and O–H groups in total. The topological polar surface area (TPSA) is 86.0 Å². The summed E-state index contributed by atoms with van der Waals surface area (Å²) in [7, 11) is 1.58. The summed E-state index contributed by atoms with van der Waals surface area (Å²) in [6.45, 7) is 6.13. The molecule has 0 atom stereocenters. The van der Waals surface area contributed by atoms with Crippen LogP contribution in [0.3, 0.4) is 0 Å². The molecule has 20 heavy (non-hydrogen) atoms. The summed E-state index contributed by atoms with van der Waals surface area (Å²) in [5.74, 6) is 7.67. The first-order chi connectivity index (χ1) is 9.56. The quantitative estimate of drug-likeness (QED) is 0.656. The first-order valence-electron chi connectivity index (χ1n) is 6.42. The van der Waals surface area contributed by atoms with Gasteiger partial charge in [-0.25, -0.2) is 20.8 Å². The van der Waals surface area contributed by atoms with Crippen LogP contribution in [0, 0.1) is 6.92 Å². The molecule has 0 aliphatic carbocycles. The maximum absolute atomic E-state index is 5.57. The monoisotopic (exact) mass is 273 g/mol. The zero-order chi connectivity index (χ0) is 14.7. The van der Waals surface area contributed by atoms with Crippen LogP contribution >= 0.6 is 0 Å². The molecular formula is C14H19N5O. The van der Waals surface area contributed by atoms with E-state index in [2.05, 4.69) is 34.2 Å². The molecule has 0 spiro atoms. The van der Waals surface area contributed by atoms with Gasteiger partial charge in [-0.1, -0.05) is 13.8 Å². The van der Waals surface area contributed by atoms with Gasteiger partial charge in [-0.15, -0.1) is 0 Å². The lowest BCUT2D eigenvalue weighted by Gasteiger charge is -2.15. The minimum atomic E-state index is 0.295. The summed E-state index contributed by atoms with van der Waals surface area (Å²) in [5.41, 5.74) is 5.41. The third-order valence-corrected chi connectivity index (χ3v) is 3.05. The highest BCUT2D eigenvalue weighted by Crippen LogP contribution is 2.27. The molecule has 106 valence electrons. The predicted molar refractivity (Wildman–Crippen MR) is 78.5 cm³/mol. The van der Waals surface area contributed by atoms with E-state index < -0.39 is 0 Å². The second-order valence-electron chi connectivity index (χ2n) is 4.78. The van der Waals surface area contributed by atoms with Gasteiger partial charge in [0.05, 0.1) is 7.11 Å². The lowest BCUT2D eigenvalue weighted by atomic mass is 10.0. The minimum absolute atomic E-state index is 0.295. The fourth-order valence-corrected chi connectivity index (χ4v) is 2.15. The SMILES string of the molecule is COc1ccc(-c2nc(C)c(C(C)C)c(NN)n2)cn1. The van der Waals surface area contributed by atoms with Crippen molar-refractivity contribution in [3.05, 3.63) is 29.6 Å². The van der Waals surface area contributed by atoms with Crippen molar-refractivity contribution in [1.29, 1.82) is 0 Å². The molecule has 0 aromatic carbocycles. The van der Waals surface area contributed by atoms with Gasteiger partial charge in [0.1, 0.15) is 5.82 Å². The zero-order valence-corrected chi connectivity index (χ0v) is 12.1. The Kier molecular flexibility index (Phi) is 4.14. The Morgan fingerprint density at radius 1 is 1.25 bits per heavy atom. The molecule has 0 saturated carbocycles. The van der Waals surface area contributed by atoms with E-state index in [1.807, 2.05) is 13.0 Å². The average molecular weight is 273 g/mol. The van der Waals surface area contributed by atoms with Crippen molar-refractivity contribution < 1.29 is 4.74 Å². The highest BCUT2D eigenvalue weighted by molar-refractivity contribution is 5.59. The maximum Gasteiger partial charge on any atom is 0.212 e. The summed E-state index contributed by atoms with van der Waals surface area (Å²) < 4.78 is 5.04. The van der Waals surface area contributed by atoms with Gasteiger partial charge in [-0.2, -0.15) is 0 Å². The van der Waals surface area contributed by atoms with Crippen LogP contribution in [-0.4, -0.2) is 22.1 Å². The molecular weight excluding hydrogens is 254 g/mol. The van der Waals surface area contributed by atoms with Gasteiger partial charge in [0.2, 0.25) is 5.88 Å². The second-order valence-corrected chi connectivity index (χ2v) is 4.78. The number of aryl methyl sites for hydroxylation is 1. The summed E-state index contributed by atoms with van der Waals surface area (Å²) in [6, 6.07) is 3.65. The smallest absolute Gasteiger partial charge is 0.212 e. The van der Waals surface area contributed by atoms with Gasteiger partial charge < -0.3 is 10.2 Å². The Labute approximate surface area is 118 Å². The molecule has 0 aliphatic heterocycles.